The van der Waals surface area contributed by atoms with Crippen molar-refractivity contribution in [2.75, 3.05) is 18.4 Å². The SMILES string of the molecule is C=CCOc1nc(-c2ccnc(-c3noc(=O)[nH]3)c2)nc(NS(=O)(=O)c2ccc(C(C)C)cn2)c1Oc1ccccc1OC. The molecule has 4 aromatic heterocycles. The van der Waals surface area contributed by atoms with Gasteiger partial charge in [0, 0.05) is 18.0 Å². The third-order valence-corrected chi connectivity index (χ3v) is 7.34. The standard InChI is InChI=1S/C29H27N7O7S/c1-5-14-41-28-24(42-22-9-7-6-8-21(22)40-4)27(36-44(38,39)23-11-10-19(16-31-23)17(2)3)32-25(33-28)18-12-13-30-20(15-18)26-34-29(37)43-35-26/h5-13,15-17H,1,14H2,2-4H3,(H,32,33,36)(H,34,35,37). The van der Waals surface area contributed by atoms with Crippen LogP contribution in [0.25, 0.3) is 22.9 Å². The summed E-state index contributed by atoms with van der Waals surface area (Å²) in [5.41, 5.74) is 1.50. The monoisotopic (exact) mass is 617 g/mol. The average Bonchev–Trinajstić information content (AvgIpc) is 3.47. The third-order valence-electron chi connectivity index (χ3n) is 6.09. The molecular weight excluding hydrogens is 590 g/mol. The maximum absolute atomic E-state index is 13.6. The van der Waals surface area contributed by atoms with E-state index >= 15 is 0 Å². The van der Waals surface area contributed by atoms with Crippen LogP contribution in [0.5, 0.6) is 23.1 Å². The van der Waals surface area contributed by atoms with Crippen LogP contribution >= 0.6 is 0 Å². The molecule has 0 atom stereocenters. The highest BCUT2D eigenvalue weighted by atomic mass is 32.2. The number of methoxy groups -OCH3 is 1. The Morgan fingerprint density at radius 1 is 1.09 bits per heavy atom. The molecule has 14 nitrogen and oxygen atoms in total. The molecule has 0 saturated carbocycles. The lowest BCUT2D eigenvalue weighted by molar-refractivity contribution is 0.320. The molecule has 0 saturated heterocycles. The van der Waals surface area contributed by atoms with Gasteiger partial charge in [-0.05, 0) is 41.8 Å². The first-order chi connectivity index (χ1) is 21.2. The first kappa shape index (κ1) is 29.9. The maximum Gasteiger partial charge on any atom is 0.439 e. The molecule has 1 aromatic carbocycles. The molecule has 2 N–H and O–H groups in total. The van der Waals surface area contributed by atoms with Gasteiger partial charge in [-0.1, -0.05) is 49.9 Å². The first-order valence-corrected chi connectivity index (χ1v) is 14.6. The Balaban J connectivity index is 1.66. The molecule has 5 aromatic rings. The number of hydrogen-bond donors (Lipinski definition) is 2. The highest BCUT2D eigenvalue weighted by Crippen LogP contribution is 2.41. The number of ether oxygens (including phenoxy) is 3. The van der Waals surface area contributed by atoms with Crippen LogP contribution in [-0.4, -0.2) is 52.2 Å². The van der Waals surface area contributed by atoms with Crippen molar-refractivity contribution in [3.05, 3.63) is 89.7 Å². The number of nitrogens with one attached hydrogen (secondary N) is 2. The number of pyridine rings is 2. The molecule has 226 valence electrons. The number of hydrogen-bond acceptors (Lipinski definition) is 12. The largest absolute Gasteiger partial charge is 0.493 e. The Morgan fingerprint density at radius 3 is 2.55 bits per heavy atom. The topological polar surface area (TPSA) is 184 Å². The van der Waals surface area contributed by atoms with Crippen molar-refractivity contribution in [2.45, 2.75) is 24.8 Å². The zero-order chi connectivity index (χ0) is 31.3. The summed E-state index contributed by atoms with van der Waals surface area (Å²) >= 11 is 0. The van der Waals surface area contributed by atoms with Crippen LogP contribution in [0.2, 0.25) is 0 Å². The fraction of sp³-hybridized carbons (Fsp3) is 0.172. The van der Waals surface area contributed by atoms with E-state index in [9.17, 15) is 13.2 Å². The Labute approximate surface area is 251 Å². The molecule has 44 heavy (non-hydrogen) atoms. The molecule has 5 rings (SSSR count). The second-order valence-electron chi connectivity index (χ2n) is 9.45. The van der Waals surface area contributed by atoms with E-state index < -0.39 is 15.8 Å². The van der Waals surface area contributed by atoms with Gasteiger partial charge in [0.15, 0.2) is 28.2 Å². The van der Waals surface area contributed by atoms with Gasteiger partial charge in [0.05, 0.1) is 7.11 Å². The van der Waals surface area contributed by atoms with Crippen LogP contribution in [0.1, 0.15) is 25.3 Å². The second kappa shape index (κ2) is 12.7. The smallest absolute Gasteiger partial charge is 0.439 e. The summed E-state index contributed by atoms with van der Waals surface area (Å²) in [5, 5.41) is 3.42. The zero-order valence-corrected chi connectivity index (χ0v) is 24.7. The number of rotatable bonds is 12. The predicted molar refractivity (Wildman–Crippen MR) is 159 cm³/mol. The van der Waals surface area contributed by atoms with Crippen molar-refractivity contribution in [2.24, 2.45) is 0 Å². The van der Waals surface area contributed by atoms with Crippen molar-refractivity contribution in [1.82, 2.24) is 30.1 Å². The van der Waals surface area contributed by atoms with Crippen LogP contribution in [0.4, 0.5) is 5.82 Å². The van der Waals surface area contributed by atoms with Crippen LogP contribution in [0.15, 0.2) is 87.9 Å². The quantitative estimate of drug-likeness (QED) is 0.186. The highest BCUT2D eigenvalue weighted by molar-refractivity contribution is 7.92. The molecule has 0 unspecified atom stereocenters. The predicted octanol–water partition coefficient (Wildman–Crippen LogP) is 4.57. The van der Waals surface area contributed by atoms with Gasteiger partial charge in [-0.2, -0.15) is 13.4 Å². The van der Waals surface area contributed by atoms with Crippen LogP contribution in [0, 0.1) is 0 Å². The van der Waals surface area contributed by atoms with Crippen molar-refractivity contribution in [3.8, 4) is 46.0 Å². The molecule has 0 spiro atoms. The van der Waals surface area contributed by atoms with E-state index in [1.165, 1.54) is 37.7 Å². The van der Waals surface area contributed by atoms with Crippen molar-refractivity contribution >= 4 is 15.8 Å². The molecule has 0 amide bonds. The molecule has 0 fully saturated rings. The summed E-state index contributed by atoms with van der Waals surface area (Å²) in [4.78, 5) is 31.3. The van der Waals surface area contributed by atoms with Gasteiger partial charge in [-0.3, -0.25) is 19.2 Å². The van der Waals surface area contributed by atoms with E-state index in [-0.39, 0.29) is 58.1 Å². The molecule has 0 aliphatic rings. The number of nitrogens with zero attached hydrogens (tertiary/aromatic N) is 5. The van der Waals surface area contributed by atoms with E-state index in [0.717, 1.165) is 5.56 Å². The zero-order valence-electron chi connectivity index (χ0n) is 23.8. The Hall–Kier alpha value is -5.57. The van der Waals surface area contributed by atoms with Crippen molar-refractivity contribution < 1.29 is 27.2 Å². The Kier molecular flexibility index (Phi) is 8.66. The summed E-state index contributed by atoms with van der Waals surface area (Å²) in [7, 11) is -2.82. The lowest BCUT2D eigenvalue weighted by atomic mass is 10.1. The summed E-state index contributed by atoms with van der Waals surface area (Å²) in [6.45, 7) is 7.64. The van der Waals surface area contributed by atoms with Crippen molar-refractivity contribution in [1.29, 1.82) is 0 Å². The summed E-state index contributed by atoms with van der Waals surface area (Å²) in [5.74, 6) is -0.368. The van der Waals surface area contributed by atoms with E-state index in [1.54, 1.807) is 36.4 Å². The molecule has 0 radical (unpaired) electrons. The van der Waals surface area contributed by atoms with E-state index in [2.05, 4.69) is 45.9 Å². The number of anilines is 1. The summed E-state index contributed by atoms with van der Waals surface area (Å²) in [6, 6.07) is 13.0. The second-order valence-corrected chi connectivity index (χ2v) is 11.1. The van der Waals surface area contributed by atoms with Gasteiger partial charge in [-0.25, -0.2) is 14.8 Å². The van der Waals surface area contributed by atoms with Gasteiger partial charge in [0.25, 0.3) is 15.9 Å². The Morgan fingerprint density at radius 2 is 1.89 bits per heavy atom. The number of para-hydroxylation sites is 2. The van der Waals surface area contributed by atoms with Gasteiger partial charge in [-0.15, -0.1) is 0 Å². The van der Waals surface area contributed by atoms with E-state index in [4.69, 9.17) is 14.2 Å². The van der Waals surface area contributed by atoms with Gasteiger partial charge >= 0.3 is 5.76 Å². The van der Waals surface area contributed by atoms with Gasteiger partial charge in [0.2, 0.25) is 11.6 Å². The number of H-pyrrole nitrogens is 1. The normalized spacial score (nSPS) is 11.3. The number of aromatic nitrogens is 6. The molecule has 4 heterocycles. The van der Waals surface area contributed by atoms with Crippen molar-refractivity contribution in [3.63, 3.8) is 0 Å². The molecule has 0 aliphatic carbocycles. The number of aromatic amines is 1. The highest BCUT2D eigenvalue weighted by Gasteiger charge is 2.26. The van der Waals surface area contributed by atoms with E-state index in [1.807, 2.05) is 13.8 Å². The number of sulfonamides is 1. The van der Waals surface area contributed by atoms with Gasteiger partial charge in [0.1, 0.15) is 12.3 Å². The summed E-state index contributed by atoms with van der Waals surface area (Å²) < 4.78 is 51.6. The molecule has 15 heteroatoms. The van der Waals surface area contributed by atoms with Crippen LogP contribution < -0.4 is 24.7 Å². The summed E-state index contributed by atoms with van der Waals surface area (Å²) in [6.07, 6.45) is 4.43. The minimum absolute atomic E-state index is 0.00488. The lowest BCUT2D eigenvalue weighted by Crippen LogP contribution is -2.17. The molecule has 0 bridgehead atoms. The third kappa shape index (κ3) is 6.57. The minimum Gasteiger partial charge on any atom is -0.493 e. The van der Waals surface area contributed by atoms with Crippen LogP contribution in [-0.2, 0) is 10.0 Å². The first-order valence-electron chi connectivity index (χ1n) is 13.2. The number of benzene rings is 1. The lowest BCUT2D eigenvalue weighted by Gasteiger charge is -2.18. The van der Waals surface area contributed by atoms with Gasteiger partial charge < -0.3 is 14.2 Å². The fourth-order valence-electron chi connectivity index (χ4n) is 3.88. The minimum atomic E-state index is -4.28. The molecular formula is C29H27N7O7S. The Bertz CT molecular complexity index is 1960. The van der Waals surface area contributed by atoms with Crippen LogP contribution in [0.3, 0.4) is 0 Å². The molecule has 0 aliphatic heterocycles. The maximum atomic E-state index is 13.6. The van der Waals surface area contributed by atoms with E-state index in [0.29, 0.717) is 11.3 Å². The fourth-order valence-corrected chi connectivity index (χ4v) is 4.82. The average molecular weight is 618 g/mol.